The number of nitrogens with two attached hydrogens (primary N) is 1. The van der Waals surface area contributed by atoms with Crippen molar-refractivity contribution in [3.63, 3.8) is 0 Å². The minimum absolute atomic E-state index is 0.875. The fourth-order valence-electron chi connectivity index (χ4n) is 1.76. The molecule has 0 bridgehead atoms. The van der Waals surface area contributed by atoms with Crippen LogP contribution in [-0.4, -0.2) is 39.6 Å². The lowest BCUT2D eigenvalue weighted by Crippen LogP contribution is -2.82. The summed E-state index contributed by atoms with van der Waals surface area (Å²) in [6.07, 6.45) is 1.13. The first-order valence-electron chi connectivity index (χ1n) is 6.59. The maximum Gasteiger partial charge on any atom is 0.209 e. The smallest absolute Gasteiger partial charge is 0.209 e. The number of hydrogen-bond donors (Lipinski definition) is 1. The predicted octanol–water partition coefficient (Wildman–Crippen LogP) is 0.464. The van der Waals surface area contributed by atoms with Gasteiger partial charge in [-0.05, 0) is 34.7 Å². The van der Waals surface area contributed by atoms with Gasteiger partial charge in [-0.3, -0.25) is 0 Å². The molecule has 0 atom stereocenters. The molecular weight excluding hydrogens is 274 g/mol. The SMILES string of the molecule is COc1ccc(C[NH2+]CCCSc2nnnn2C)cc1. The Morgan fingerprint density at radius 1 is 1.30 bits per heavy atom. The average Bonchev–Trinajstić information content (AvgIpc) is 2.89. The van der Waals surface area contributed by atoms with E-state index < -0.39 is 0 Å². The fraction of sp³-hybridized carbons (Fsp3) is 0.462. The first-order valence-corrected chi connectivity index (χ1v) is 7.58. The summed E-state index contributed by atoms with van der Waals surface area (Å²) in [6.45, 7) is 2.10. The molecule has 1 aromatic heterocycles. The van der Waals surface area contributed by atoms with Gasteiger partial charge in [0.25, 0.3) is 0 Å². The molecule has 0 aliphatic rings. The summed E-state index contributed by atoms with van der Waals surface area (Å²) in [5.41, 5.74) is 1.32. The number of methoxy groups -OCH3 is 1. The average molecular weight is 294 g/mol. The van der Waals surface area contributed by atoms with Crippen LogP contribution < -0.4 is 10.1 Å². The number of tetrazole rings is 1. The van der Waals surface area contributed by atoms with Gasteiger partial charge in [0.05, 0.1) is 13.7 Å². The first kappa shape index (κ1) is 14.8. The number of thioether (sulfide) groups is 1. The highest BCUT2D eigenvalue weighted by molar-refractivity contribution is 7.99. The van der Waals surface area contributed by atoms with E-state index in [0.717, 1.165) is 36.2 Å². The zero-order valence-electron chi connectivity index (χ0n) is 11.8. The Hall–Kier alpha value is -1.60. The van der Waals surface area contributed by atoms with Gasteiger partial charge in [0.15, 0.2) is 0 Å². The molecule has 0 spiro atoms. The summed E-state index contributed by atoms with van der Waals surface area (Å²) < 4.78 is 6.84. The summed E-state index contributed by atoms with van der Waals surface area (Å²) >= 11 is 1.70. The third kappa shape index (κ3) is 4.50. The molecule has 1 heterocycles. The van der Waals surface area contributed by atoms with Crippen molar-refractivity contribution in [3.05, 3.63) is 29.8 Å². The van der Waals surface area contributed by atoms with Crippen LogP contribution in [-0.2, 0) is 13.6 Å². The number of hydrogen-bond acceptors (Lipinski definition) is 5. The van der Waals surface area contributed by atoms with Crippen molar-refractivity contribution in [2.45, 2.75) is 18.1 Å². The van der Waals surface area contributed by atoms with Crippen LogP contribution in [0, 0.1) is 0 Å². The fourth-order valence-corrected chi connectivity index (χ4v) is 2.58. The van der Waals surface area contributed by atoms with Crippen LogP contribution in [0.3, 0.4) is 0 Å². The van der Waals surface area contributed by atoms with Gasteiger partial charge in [-0.15, -0.1) is 5.10 Å². The third-order valence-electron chi connectivity index (χ3n) is 2.90. The molecule has 7 heteroatoms. The maximum atomic E-state index is 5.14. The molecule has 0 fully saturated rings. The third-order valence-corrected chi connectivity index (χ3v) is 4.00. The molecule has 2 rings (SSSR count). The number of aryl methyl sites for hydroxylation is 1. The van der Waals surface area contributed by atoms with Gasteiger partial charge in [0, 0.05) is 24.8 Å². The lowest BCUT2D eigenvalue weighted by molar-refractivity contribution is -0.670. The second-order valence-corrected chi connectivity index (χ2v) is 5.48. The maximum absolute atomic E-state index is 5.14. The van der Waals surface area contributed by atoms with E-state index in [-0.39, 0.29) is 0 Å². The van der Waals surface area contributed by atoms with E-state index in [1.807, 2.05) is 19.2 Å². The zero-order valence-corrected chi connectivity index (χ0v) is 12.6. The van der Waals surface area contributed by atoms with E-state index in [1.165, 1.54) is 5.56 Å². The second kappa shape index (κ2) is 7.86. The van der Waals surface area contributed by atoms with Gasteiger partial charge < -0.3 is 10.1 Å². The largest absolute Gasteiger partial charge is 0.497 e. The summed E-state index contributed by atoms with van der Waals surface area (Å²) in [4.78, 5) is 0. The van der Waals surface area contributed by atoms with Gasteiger partial charge in [0.1, 0.15) is 12.3 Å². The quantitative estimate of drug-likeness (QED) is 0.566. The minimum atomic E-state index is 0.875. The van der Waals surface area contributed by atoms with Gasteiger partial charge in [-0.2, -0.15) is 0 Å². The van der Waals surface area contributed by atoms with Gasteiger partial charge in [0.2, 0.25) is 5.16 Å². The van der Waals surface area contributed by atoms with Crippen LogP contribution in [0.2, 0.25) is 0 Å². The Labute approximate surface area is 122 Å². The molecule has 0 radical (unpaired) electrons. The molecule has 0 unspecified atom stereocenters. The monoisotopic (exact) mass is 294 g/mol. The van der Waals surface area contributed by atoms with E-state index >= 15 is 0 Å². The van der Waals surface area contributed by atoms with E-state index in [2.05, 4.69) is 33.0 Å². The predicted molar refractivity (Wildman–Crippen MR) is 77.6 cm³/mol. The highest BCUT2D eigenvalue weighted by Gasteiger charge is 2.02. The molecular formula is C13H20N5OS+. The molecule has 0 aliphatic heterocycles. The Morgan fingerprint density at radius 3 is 2.75 bits per heavy atom. The summed E-state index contributed by atoms with van der Waals surface area (Å²) in [5, 5.41) is 14.5. The van der Waals surface area contributed by atoms with Gasteiger partial charge >= 0.3 is 0 Å². The zero-order chi connectivity index (χ0) is 14.2. The Morgan fingerprint density at radius 2 is 2.10 bits per heavy atom. The highest BCUT2D eigenvalue weighted by Crippen LogP contribution is 2.12. The van der Waals surface area contributed by atoms with Crippen LogP contribution in [0.4, 0.5) is 0 Å². The highest BCUT2D eigenvalue weighted by atomic mass is 32.2. The Bertz CT molecular complexity index is 514. The standard InChI is InChI=1S/C13H19N5OS/c1-18-13(15-16-17-18)20-9-3-8-14-10-11-4-6-12(19-2)7-5-11/h4-7,14H,3,8-10H2,1-2H3/p+1. The molecule has 0 saturated carbocycles. The van der Waals surface area contributed by atoms with Gasteiger partial charge in [-0.25, -0.2) is 4.68 Å². The molecule has 108 valence electrons. The normalized spacial score (nSPS) is 10.7. The molecule has 2 aromatic rings. The lowest BCUT2D eigenvalue weighted by atomic mass is 10.2. The molecule has 20 heavy (non-hydrogen) atoms. The number of ether oxygens (including phenoxy) is 1. The number of quaternary nitrogens is 1. The van der Waals surface area contributed by atoms with E-state index in [1.54, 1.807) is 23.6 Å². The summed E-state index contributed by atoms with van der Waals surface area (Å²) in [6, 6.07) is 8.21. The molecule has 1 aromatic carbocycles. The van der Waals surface area contributed by atoms with Crippen LogP contribution >= 0.6 is 11.8 Å². The first-order chi connectivity index (χ1) is 9.79. The van der Waals surface area contributed by atoms with Crippen molar-refractivity contribution in [2.24, 2.45) is 7.05 Å². The summed E-state index contributed by atoms with van der Waals surface area (Å²) in [7, 11) is 3.55. The molecule has 0 saturated heterocycles. The van der Waals surface area contributed by atoms with Crippen molar-refractivity contribution in [1.29, 1.82) is 0 Å². The van der Waals surface area contributed by atoms with Crippen LogP contribution in [0.1, 0.15) is 12.0 Å². The van der Waals surface area contributed by atoms with Crippen LogP contribution in [0.25, 0.3) is 0 Å². The number of aromatic nitrogens is 4. The van der Waals surface area contributed by atoms with Crippen molar-refractivity contribution in [3.8, 4) is 5.75 Å². The number of benzene rings is 1. The number of nitrogens with zero attached hydrogens (tertiary/aromatic N) is 4. The van der Waals surface area contributed by atoms with Crippen LogP contribution in [0.5, 0.6) is 5.75 Å². The van der Waals surface area contributed by atoms with E-state index in [9.17, 15) is 0 Å². The Kier molecular flexibility index (Phi) is 5.82. The van der Waals surface area contributed by atoms with Crippen molar-refractivity contribution in [1.82, 2.24) is 20.2 Å². The molecule has 0 aliphatic carbocycles. The second-order valence-electron chi connectivity index (χ2n) is 4.42. The molecule has 6 nitrogen and oxygen atoms in total. The van der Waals surface area contributed by atoms with Crippen molar-refractivity contribution in [2.75, 3.05) is 19.4 Å². The Balaban J connectivity index is 1.58. The summed E-state index contributed by atoms with van der Waals surface area (Å²) in [5.74, 6) is 1.94. The van der Waals surface area contributed by atoms with Gasteiger partial charge in [-0.1, -0.05) is 11.8 Å². The lowest BCUT2D eigenvalue weighted by Gasteiger charge is -2.03. The van der Waals surface area contributed by atoms with Crippen molar-refractivity contribution < 1.29 is 10.1 Å². The number of rotatable bonds is 8. The molecule has 0 amide bonds. The van der Waals surface area contributed by atoms with Crippen LogP contribution in [0.15, 0.2) is 29.4 Å². The molecule has 2 N–H and O–H groups in total. The van der Waals surface area contributed by atoms with E-state index in [0.29, 0.717) is 0 Å². The van der Waals surface area contributed by atoms with E-state index in [4.69, 9.17) is 4.74 Å². The minimum Gasteiger partial charge on any atom is -0.497 e. The van der Waals surface area contributed by atoms with Crippen molar-refractivity contribution >= 4 is 11.8 Å². The topological polar surface area (TPSA) is 69.4 Å².